The summed E-state index contributed by atoms with van der Waals surface area (Å²) in [5.74, 6) is 1.96. The molecule has 3 aliphatic rings. The van der Waals surface area contributed by atoms with E-state index in [0.29, 0.717) is 18.9 Å². The van der Waals surface area contributed by atoms with Crippen molar-refractivity contribution in [2.24, 2.45) is 11.3 Å². The Balaban J connectivity index is 1.44. The number of amides is 1. The molecule has 1 aromatic heterocycles. The molecule has 0 N–H and O–H groups in total. The molecule has 0 unspecified atom stereocenters. The van der Waals surface area contributed by atoms with Crippen LogP contribution in [0, 0.1) is 18.3 Å². The van der Waals surface area contributed by atoms with Crippen LogP contribution in [0.25, 0.3) is 0 Å². The quantitative estimate of drug-likeness (QED) is 0.819. The molecule has 1 aliphatic carbocycles. The van der Waals surface area contributed by atoms with Crippen molar-refractivity contribution < 1.29 is 18.7 Å². The van der Waals surface area contributed by atoms with E-state index in [4.69, 9.17) is 13.9 Å². The lowest BCUT2D eigenvalue weighted by atomic mass is 9.73. The Labute approximate surface area is 149 Å². The summed E-state index contributed by atoms with van der Waals surface area (Å²) in [7, 11) is 0. The zero-order valence-corrected chi connectivity index (χ0v) is 15.2. The molecule has 25 heavy (non-hydrogen) atoms. The molecular formula is C20H29NO4. The normalized spacial score (nSPS) is 30.0. The van der Waals surface area contributed by atoms with Gasteiger partial charge >= 0.3 is 0 Å². The summed E-state index contributed by atoms with van der Waals surface area (Å²) in [6, 6.07) is 3.63. The molecule has 138 valence electrons. The van der Waals surface area contributed by atoms with Crippen LogP contribution in [0.5, 0.6) is 0 Å². The van der Waals surface area contributed by atoms with Gasteiger partial charge in [-0.15, -0.1) is 0 Å². The standard InChI is InChI=1S/C20H29NO4/c1-15-6-7-17(25-15)19(22)21-10-8-18-20(13-21,9-3-11-24-18)14-23-12-16-4-2-5-16/h6-7,16,18H,2-5,8-14H2,1H3/t18-,20-/m0/s1. The number of piperidine rings is 1. The molecule has 2 aliphatic heterocycles. The summed E-state index contributed by atoms with van der Waals surface area (Å²) in [5.41, 5.74) is -0.0580. The molecule has 1 amide bonds. The summed E-state index contributed by atoms with van der Waals surface area (Å²) < 4.78 is 17.8. The molecule has 0 radical (unpaired) electrons. The molecule has 5 heteroatoms. The first-order chi connectivity index (χ1) is 12.2. The van der Waals surface area contributed by atoms with Crippen LogP contribution in [0.15, 0.2) is 16.5 Å². The second-order valence-electron chi connectivity index (χ2n) is 8.06. The predicted octanol–water partition coefficient (Wildman–Crippen LogP) is 3.42. The topological polar surface area (TPSA) is 51.9 Å². The van der Waals surface area contributed by atoms with Gasteiger partial charge in [0.05, 0.1) is 12.7 Å². The van der Waals surface area contributed by atoms with Crippen LogP contribution in [-0.2, 0) is 9.47 Å². The third kappa shape index (κ3) is 3.49. The minimum atomic E-state index is -0.0580. The molecule has 0 bridgehead atoms. The summed E-state index contributed by atoms with van der Waals surface area (Å²) in [4.78, 5) is 14.8. The molecule has 1 aromatic rings. The Morgan fingerprint density at radius 2 is 2.20 bits per heavy atom. The van der Waals surface area contributed by atoms with Crippen molar-refractivity contribution in [3.8, 4) is 0 Å². The number of carbonyl (C=O) groups excluding carboxylic acids is 1. The fourth-order valence-electron chi connectivity index (χ4n) is 4.47. The van der Waals surface area contributed by atoms with Crippen LogP contribution in [0.1, 0.15) is 54.8 Å². The number of carbonyl (C=O) groups is 1. The lowest BCUT2D eigenvalue weighted by Gasteiger charge is -2.50. The molecule has 4 rings (SSSR count). The van der Waals surface area contributed by atoms with E-state index in [0.717, 1.165) is 50.7 Å². The zero-order valence-electron chi connectivity index (χ0n) is 15.2. The Hall–Kier alpha value is -1.33. The van der Waals surface area contributed by atoms with E-state index in [1.54, 1.807) is 6.07 Å². The van der Waals surface area contributed by atoms with Crippen molar-refractivity contribution in [2.75, 3.05) is 32.9 Å². The van der Waals surface area contributed by atoms with Crippen LogP contribution in [-0.4, -0.2) is 49.8 Å². The average molecular weight is 347 g/mol. The van der Waals surface area contributed by atoms with Gasteiger partial charge in [-0.05, 0) is 57.1 Å². The van der Waals surface area contributed by atoms with Crippen LogP contribution in [0.3, 0.4) is 0 Å². The number of likely N-dealkylation sites (tertiary alicyclic amines) is 1. The van der Waals surface area contributed by atoms with E-state index in [2.05, 4.69) is 0 Å². The number of hydrogen-bond donors (Lipinski definition) is 0. The summed E-state index contributed by atoms with van der Waals surface area (Å²) in [6.07, 6.45) is 7.16. The van der Waals surface area contributed by atoms with Gasteiger partial charge in [0.25, 0.3) is 5.91 Å². The fourth-order valence-corrected chi connectivity index (χ4v) is 4.47. The highest BCUT2D eigenvalue weighted by atomic mass is 16.5. The maximum absolute atomic E-state index is 12.8. The summed E-state index contributed by atoms with van der Waals surface area (Å²) in [6.45, 7) is 5.71. The van der Waals surface area contributed by atoms with Gasteiger partial charge in [-0.25, -0.2) is 0 Å². The first-order valence-corrected chi connectivity index (χ1v) is 9.71. The van der Waals surface area contributed by atoms with E-state index in [1.165, 1.54) is 19.3 Å². The van der Waals surface area contributed by atoms with Gasteiger partial charge in [0, 0.05) is 31.7 Å². The highest BCUT2D eigenvalue weighted by Gasteiger charge is 2.47. The van der Waals surface area contributed by atoms with Gasteiger partial charge in [-0.2, -0.15) is 0 Å². The third-order valence-corrected chi connectivity index (χ3v) is 6.19. The van der Waals surface area contributed by atoms with Gasteiger partial charge in [-0.3, -0.25) is 4.79 Å². The first kappa shape index (κ1) is 17.1. The van der Waals surface area contributed by atoms with Gasteiger partial charge in [0.15, 0.2) is 5.76 Å². The van der Waals surface area contributed by atoms with Crippen LogP contribution in [0.2, 0.25) is 0 Å². The number of furan rings is 1. The molecular weight excluding hydrogens is 318 g/mol. The van der Waals surface area contributed by atoms with E-state index in [-0.39, 0.29) is 17.4 Å². The highest BCUT2D eigenvalue weighted by Crippen LogP contribution is 2.41. The smallest absolute Gasteiger partial charge is 0.289 e. The lowest BCUT2D eigenvalue weighted by molar-refractivity contribution is -0.150. The third-order valence-electron chi connectivity index (χ3n) is 6.19. The van der Waals surface area contributed by atoms with Crippen molar-refractivity contribution in [1.29, 1.82) is 0 Å². The van der Waals surface area contributed by atoms with Gasteiger partial charge < -0.3 is 18.8 Å². The molecule has 2 atom stereocenters. The molecule has 0 spiro atoms. The first-order valence-electron chi connectivity index (χ1n) is 9.71. The average Bonchev–Trinajstić information content (AvgIpc) is 3.02. The van der Waals surface area contributed by atoms with Crippen molar-refractivity contribution in [3.05, 3.63) is 23.7 Å². The molecule has 3 heterocycles. The van der Waals surface area contributed by atoms with Gasteiger partial charge in [0.2, 0.25) is 0 Å². The van der Waals surface area contributed by atoms with Crippen molar-refractivity contribution in [3.63, 3.8) is 0 Å². The van der Waals surface area contributed by atoms with E-state index in [9.17, 15) is 4.79 Å². The maximum Gasteiger partial charge on any atom is 0.289 e. The predicted molar refractivity (Wildman–Crippen MR) is 93.5 cm³/mol. The van der Waals surface area contributed by atoms with E-state index in [1.807, 2.05) is 17.9 Å². The molecule has 0 aromatic carbocycles. The van der Waals surface area contributed by atoms with Gasteiger partial charge in [0.1, 0.15) is 5.76 Å². The van der Waals surface area contributed by atoms with Crippen molar-refractivity contribution >= 4 is 5.91 Å². The Morgan fingerprint density at radius 3 is 2.92 bits per heavy atom. The largest absolute Gasteiger partial charge is 0.456 e. The molecule has 5 nitrogen and oxygen atoms in total. The van der Waals surface area contributed by atoms with Crippen molar-refractivity contribution in [2.45, 2.75) is 51.6 Å². The minimum Gasteiger partial charge on any atom is -0.456 e. The maximum atomic E-state index is 12.8. The second-order valence-corrected chi connectivity index (χ2v) is 8.06. The molecule has 1 saturated carbocycles. The monoisotopic (exact) mass is 347 g/mol. The van der Waals surface area contributed by atoms with Crippen LogP contribution < -0.4 is 0 Å². The summed E-state index contributed by atoms with van der Waals surface area (Å²) in [5, 5.41) is 0. The lowest BCUT2D eigenvalue weighted by Crippen LogP contribution is -2.58. The minimum absolute atomic E-state index is 0.00417. The summed E-state index contributed by atoms with van der Waals surface area (Å²) >= 11 is 0. The second kappa shape index (κ2) is 7.12. The Kier molecular flexibility index (Phi) is 4.87. The molecule has 3 fully saturated rings. The van der Waals surface area contributed by atoms with Crippen molar-refractivity contribution in [1.82, 2.24) is 4.90 Å². The Morgan fingerprint density at radius 1 is 1.32 bits per heavy atom. The van der Waals surface area contributed by atoms with Crippen LogP contribution >= 0.6 is 0 Å². The zero-order chi connectivity index (χ0) is 17.3. The van der Waals surface area contributed by atoms with E-state index >= 15 is 0 Å². The number of ether oxygens (including phenoxy) is 2. The van der Waals surface area contributed by atoms with Crippen LogP contribution in [0.4, 0.5) is 0 Å². The number of rotatable bonds is 5. The van der Waals surface area contributed by atoms with Gasteiger partial charge in [-0.1, -0.05) is 6.42 Å². The fraction of sp³-hybridized carbons (Fsp3) is 0.750. The number of fused-ring (bicyclic) bond motifs is 1. The SMILES string of the molecule is Cc1ccc(C(=O)N2CC[C@@H]3OCCC[C@@]3(COCC3CCC3)C2)o1. The molecule has 2 saturated heterocycles. The number of hydrogen-bond acceptors (Lipinski definition) is 4. The number of aryl methyl sites for hydroxylation is 1. The Bertz CT molecular complexity index is 609. The number of nitrogens with zero attached hydrogens (tertiary/aromatic N) is 1. The van der Waals surface area contributed by atoms with E-state index < -0.39 is 0 Å². The highest BCUT2D eigenvalue weighted by molar-refractivity contribution is 5.91.